The van der Waals surface area contributed by atoms with Crippen molar-refractivity contribution in [1.82, 2.24) is 10.2 Å². The number of benzene rings is 3. The lowest BCUT2D eigenvalue weighted by Crippen LogP contribution is -2.48. The quantitative estimate of drug-likeness (QED) is 0.340. The third kappa shape index (κ3) is 8.80. The maximum atomic E-state index is 13.3. The van der Waals surface area contributed by atoms with Gasteiger partial charge in [-0.25, -0.2) is 4.79 Å². The van der Waals surface area contributed by atoms with Crippen molar-refractivity contribution < 1.29 is 37.0 Å². The van der Waals surface area contributed by atoms with Gasteiger partial charge in [-0.05, 0) is 48.2 Å². The van der Waals surface area contributed by atoms with Crippen LogP contribution in [0.15, 0.2) is 84.9 Å². The Morgan fingerprint density at radius 3 is 2.12 bits per heavy atom. The van der Waals surface area contributed by atoms with Gasteiger partial charge in [0.15, 0.2) is 0 Å². The standard InChI is InChI=1S/C31H33F3N2O5/c1-39-28(31(32,33)34)30(38)41-27-17-19-36(20-22-8-4-2-5-9-22)18-16-26(27)35-29(37)24-12-14-25(15-13-24)40-21-23-10-6-3-7-11-23/h2-15,26-28H,16-21H2,1H3,(H,35,37)/t26?,27?,28-/m1/s1. The number of halogens is 3. The molecule has 1 saturated heterocycles. The van der Waals surface area contributed by atoms with Crippen LogP contribution in [0.4, 0.5) is 13.2 Å². The molecule has 1 heterocycles. The molecule has 1 aliphatic rings. The number of esters is 1. The highest BCUT2D eigenvalue weighted by Gasteiger charge is 2.48. The highest BCUT2D eigenvalue weighted by Crippen LogP contribution is 2.26. The molecule has 0 saturated carbocycles. The summed E-state index contributed by atoms with van der Waals surface area (Å²) < 4.78 is 55.4. The number of rotatable bonds is 10. The van der Waals surface area contributed by atoms with Crippen LogP contribution < -0.4 is 10.1 Å². The molecule has 218 valence electrons. The van der Waals surface area contributed by atoms with Gasteiger partial charge in [-0.1, -0.05) is 60.7 Å². The number of ether oxygens (including phenoxy) is 3. The number of carbonyl (C=O) groups excluding carboxylic acids is 2. The van der Waals surface area contributed by atoms with Crippen molar-refractivity contribution in [2.24, 2.45) is 0 Å². The van der Waals surface area contributed by atoms with Crippen LogP contribution in [0.3, 0.4) is 0 Å². The van der Waals surface area contributed by atoms with E-state index in [9.17, 15) is 22.8 Å². The van der Waals surface area contributed by atoms with Crippen molar-refractivity contribution in [3.63, 3.8) is 0 Å². The molecule has 2 unspecified atom stereocenters. The van der Waals surface area contributed by atoms with Gasteiger partial charge in [-0.3, -0.25) is 9.69 Å². The summed E-state index contributed by atoms with van der Waals surface area (Å²) >= 11 is 0. The van der Waals surface area contributed by atoms with E-state index in [0.717, 1.165) is 18.2 Å². The Morgan fingerprint density at radius 2 is 1.51 bits per heavy atom. The van der Waals surface area contributed by atoms with Crippen LogP contribution in [0.2, 0.25) is 0 Å². The van der Waals surface area contributed by atoms with E-state index in [1.165, 1.54) is 0 Å². The molecule has 41 heavy (non-hydrogen) atoms. The van der Waals surface area contributed by atoms with Crippen LogP contribution in [0.25, 0.3) is 0 Å². The number of alkyl halides is 3. The molecule has 1 aliphatic heterocycles. The Hall–Kier alpha value is -3.89. The lowest BCUT2D eigenvalue weighted by Gasteiger charge is -2.27. The van der Waals surface area contributed by atoms with Gasteiger partial charge in [-0.2, -0.15) is 13.2 Å². The van der Waals surface area contributed by atoms with Crippen LogP contribution in [0.1, 0.15) is 34.3 Å². The van der Waals surface area contributed by atoms with Crippen molar-refractivity contribution >= 4 is 11.9 Å². The van der Waals surface area contributed by atoms with Gasteiger partial charge in [0, 0.05) is 32.3 Å². The highest BCUT2D eigenvalue weighted by molar-refractivity contribution is 5.94. The van der Waals surface area contributed by atoms with Gasteiger partial charge >= 0.3 is 12.1 Å². The first-order chi connectivity index (χ1) is 19.7. The van der Waals surface area contributed by atoms with Gasteiger partial charge in [0.1, 0.15) is 18.5 Å². The summed E-state index contributed by atoms with van der Waals surface area (Å²) in [7, 11) is 0.806. The lowest BCUT2D eigenvalue weighted by atomic mass is 10.0. The molecule has 0 bridgehead atoms. The van der Waals surface area contributed by atoms with Gasteiger partial charge in [0.05, 0.1) is 6.04 Å². The average molecular weight is 571 g/mol. The molecule has 1 fully saturated rings. The summed E-state index contributed by atoms with van der Waals surface area (Å²) in [6.45, 7) is 2.01. The Morgan fingerprint density at radius 1 is 0.902 bits per heavy atom. The first-order valence-corrected chi connectivity index (χ1v) is 13.4. The number of hydrogen-bond acceptors (Lipinski definition) is 6. The minimum absolute atomic E-state index is 0.240. The normalized spacial score (nSPS) is 18.6. The Balaban J connectivity index is 1.43. The molecule has 4 rings (SSSR count). The number of nitrogens with zero attached hydrogens (tertiary/aromatic N) is 1. The lowest BCUT2D eigenvalue weighted by molar-refractivity contribution is -0.227. The third-order valence-corrected chi connectivity index (χ3v) is 6.88. The fourth-order valence-electron chi connectivity index (χ4n) is 4.71. The van der Waals surface area contributed by atoms with Crippen LogP contribution in [0, 0.1) is 0 Å². The topological polar surface area (TPSA) is 77.1 Å². The van der Waals surface area contributed by atoms with Crippen LogP contribution in [-0.4, -0.2) is 61.4 Å². The largest absolute Gasteiger partial charge is 0.489 e. The number of nitrogens with one attached hydrogen (secondary N) is 1. The number of hydrogen-bond donors (Lipinski definition) is 1. The predicted octanol–water partition coefficient (Wildman–Crippen LogP) is 5.15. The molecule has 7 nitrogen and oxygen atoms in total. The minimum atomic E-state index is -4.92. The van der Waals surface area contributed by atoms with E-state index in [2.05, 4.69) is 15.0 Å². The van der Waals surface area contributed by atoms with Gasteiger partial charge in [-0.15, -0.1) is 0 Å². The molecular formula is C31H33F3N2O5. The first-order valence-electron chi connectivity index (χ1n) is 13.4. The van der Waals surface area contributed by atoms with E-state index in [0.29, 0.717) is 44.0 Å². The maximum Gasteiger partial charge on any atom is 0.425 e. The molecule has 1 N–H and O–H groups in total. The van der Waals surface area contributed by atoms with Gasteiger partial charge in [0.25, 0.3) is 12.0 Å². The number of carbonyl (C=O) groups is 2. The third-order valence-electron chi connectivity index (χ3n) is 6.88. The van der Waals surface area contributed by atoms with Gasteiger partial charge < -0.3 is 19.5 Å². The zero-order valence-electron chi connectivity index (χ0n) is 22.7. The molecule has 0 radical (unpaired) electrons. The number of amides is 1. The molecule has 0 aromatic heterocycles. The zero-order chi connectivity index (χ0) is 29.2. The summed E-state index contributed by atoms with van der Waals surface area (Å²) in [5.74, 6) is -1.37. The van der Waals surface area contributed by atoms with E-state index in [-0.39, 0.29) is 6.42 Å². The van der Waals surface area contributed by atoms with E-state index >= 15 is 0 Å². The first kappa shape index (κ1) is 30.1. The summed E-state index contributed by atoms with van der Waals surface area (Å²) in [6.07, 6.45) is -7.98. The van der Waals surface area contributed by atoms with Crippen LogP contribution >= 0.6 is 0 Å². The molecule has 10 heteroatoms. The van der Waals surface area contributed by atoms with Crippen molar-refractivity contribution in [3.8, 4) is 5.75 Å². The minimum Gasteiger partial charge on any atom is -0.489 e. The zero-order valence-corrected chi connectivity index (χ0v) is 22.7. The number of likely N-dealkylation sites (tertiary alicyclic amines) is 1. The average Bonchev–Trinajstić information content (AvgIpc) is 3.14. The van der Waals surface area contributed by atoms with Gasteiger partial charge in [0.2, 0.25) is 0 Å². The number of methoxy groups -OCH3 is 1. The van der Waals surface area contributed by atoms with E-state index in [4.69, 9.17) is 9.47 Å². The fraction of sp³-hybridized carbons (Fsp3) is 0.355. The molecular weight excluding hydrogens is 537 g/mol. The van der Waals surface area contributed by atoms with E-state index in [1.807, 2.05) is 60.7 Å². The summed E-state index contributed by atoms with van der Waals surface area (Å²) in [5.41, 5.74) is 2.43. The second-order valence-electron chi connectivity index (χ2n) is 9.85. The monoisotopic (exact) mass is 570 g/mol. The Bertz CT molecular complexity index is 1260. The SMILES string of the molecule is CO[C@H](C(=O)OC1CCN(Cc2ccccc2)CCC1NC(=O)c1ccc(OCc2ccccc2)cc1)C(F)(F)F. The van der Waals surface area contributed by atoms with E-state index in [1.54, 1.807) is 24.3 Å². The van der Waals surface area contributed by atoms with Crippen molar-refractivity contribution in [1.29, 1.82) is 0 Å². The predicted molar refractivity (Wildman–Crippen MR) is 146 cm³/mol. The smallest absolute Gasteiger partial charge is 0.425 e. The molecule has 1 amide bonds. The van der Waals surface area contributed by atoms with Crippen LogP contribution in [0.5, 0.6) is 5.75 Å². The summed E-state index contributed by atoms with van der Waals surface area (Å²) in [5, 5.41) is 2.88. The van der Waals surface area contributed by atoms with Crippen LogP contribution in [-0.2, 0) is 27.4 Å². The fourth-order valence-corrected chi connectivity index (χ4v) is 4.71. The second kappa shape index (κ2) is 14.1. The van der Waals surface area contributed by atoms with E-state index < -0.39 is 36.3 Å². The van der Waals surface area contributed by atoms with Crippen molar-refractivity contribution in [3.05, 3.63) is 102 Å². The Kier molecular flexibility index (Phi) is 10.4. The summed E-state index contributed by atoms with van der Waals surface area (Å²) in [4.78, 5) is 27.8. The maximum absolute atomic E-state index is 13.3. The Labute approximate surface area is 237 Å². The summed E-state index contributed by atoms with van der Waals surface area (Å²) in [6, 6.07) is 25.3. The molecule has 3 atom stereocenters. The second-order valence-corrected chi connectivity index (χ2v) is 9.85. The molecule has 3 aromatic rings. The molecule has 0 aliphatic carbocycles. The molecule has 0 spiro atoms. The van der Waals surface area contributed by atoms with Crippen molar-refractivity contribution in [2.75, 3.05) is 20.2 Å². The molecule has 3 aromatic carbocycles. The highest BCUT2D eigenvalue weighted by atomic mass is 19.4. The van der Waals surface area contributed by atoms with Crippen molar-refractivity contribution in [2.45, 2.75) is 50.4 Å².